The Balaban J connectivity index is 2.15. The average molecular weight is 340 g/mol. The van der Waals surface area contributed by atoms with Crippen LogP contribution < -0.4 is 10.2 Å². The molecule has 1 aromatic heterocycles. The number of hydrogen-bond donors (Lipinski definition) is 1. The van der Waals surface area contributed by atoms with Gasteiger partial charge in [0.15, 0.2) is 0 Å². The number of thiazole rings is 1. The summed E-state index contributed by atoms with van der Waals surface area (Å²) in [5.74, 6) is 0. The first kappa shape index (κ1) is 14.5. The second-order valence-electron chi connectivity index (χ2n) is 4.55. The molecule has 0 amide bonds. The van der Waals surface area contributed by atoms with Crippen molar-refractivity contribution in [1.82, 2.24) is 10.3 Å². The molecule has 3 nitrogen and oxygen atoms in total. The molecule has 19 heavy (non-hydrogen) atoms. The number of rotatable bonds is 5. The van der Waals surface area contributed by atoms with E-state index in [1.54, 1.807) is 11.3 Å². The van der Waals surface area contributed by atoms with Crippen molar-refractivity contribution >= 4 is 33.0 Å². The summed E-state index contributed by atoms with van der Waals surface area (Å²) >= 11 is 5.29. The summed E-state index contributed by atoms with van der Waals surface area (Å²) in [6.07, 6.45) is 0. The summed E-state index contributed by atoms with van der Waals surface area (Å²) in [7, 11) is 4.06. The minimum Gasteiger partial charge on any atom is -0.369 e. The van der Waals surface area contributed by atoms with Gasteiger partial charge in [-0.05, 0) is 31.7 Å². The molecule has 1 aromatic carbocycles. The van der Waals surface area contributed by atoms with Crippen molar-refractivity contribution in [2.45, 2.75) is 19.5 Å². The Kier molecular flexibility index (Phi) is 4.96. The number of aromatic nitrogens is 1. The molecule has 0 fully saturated rings. The van der Waals surface area contributed by atoms with E-state index in [9.17, 15) is 0 Å². The second kappa shape index (κ2) is 6.50. The van der Waals surface area contributed by atoms with Crippen molar-refractivity contribution in [2.75, 3.05) is 19.0 Å². The van der Waals surface area contributed by atoms with E-state index in [1.807, 2.05) is 12.6 Å². The number of nitrogens with one attached hydrogen (secondary N) is 1. The van der Waals surface area contributed by atoms with Gasteiger partial charge in [0.1, 0.15) is 0 Å². The van der Waals surface area contributed by atoms with Gasteiger partial charge in [-0.25, -0.2) is 4.98 Å². The van der Waals surface area contributed by atoms with Crippen LogP contribution in [0.3, 0.4) is 0 Å². The van der Waals surface area contributed by atoms with Crippen LogP contribution in [0.1, 0.15) is 24.2 Å². The van der Waals surface area contributed by atoms with Crippen molar-refractivity contribution in [1.29, 1.82) is 0 Å². The lowest BCUT2D eigenvalue weighted by Gasteiger charge is -2.20. The van der Waals surface area contributed by atoms with E-state index in [0.717, 1.165) is 16.7 Å². The van der Waals surface area contributed by atoms with Crippen LogP contribution in [0.2, 0.25) is 0 Å². The predicted molar refractivity (Wildman–Crippen MR) is 85.8 cm³/mol. The van der Waals surface area contributed by atoms with Crippen LogP contribution in [-0.4, -0.2) is 19.1 Å². The predicted octanol–water partition coefficient (Wildman–Crippen LogP) is 3.82. The first-order valence-corrected chi connectivity index (χ1v) is 7.90. The largest absolute Gasteiger partial charge is 0.369 e. The molecule has 0 aliphatic heterocycles. The summed E-state index contributed by atoms with van der Waals surface area (Å²) in [6.45, 7) is 2.98. The molecule has 2 rings (SSSR count). The fourth-order valence-electron chi connectivity index (χ4n) is 1.91. The van der Waals surface area contributed by atoms with Gasteiger partial charge in [0, 0.05) is 28.6 Å². The summed E-state index contributed by atoms with van der Waals surface area (Å²) in [6, 6.07) is 6.82. The Morgan fingerprint density at radius 3 is 2.84 bits per heavy atom. The van der Waals surface area contributed by atoms with Crippen LogP contribution in [0, 0.1) is 0 Å². The van der Waals surface area contributed by atoms with Gasteiger partial charge in [0.25, 0.3) is 0 Å². The zero-order valence-corrected chi connectivity index (χ0v) is 13.8. The van der Waals surface area contributed by atoms with Crippen molar-refractivity contribution < 1.29 is 0 Å². The average Bonchev–Trinajstić information content (AvgIpc) is 2.90. The Morgan fingerprint density at radius 1 is 1.47 bits per heavy atom. The minimum atomic E-state index is 0.340. The summed E-state index contributed by atoms with van der Waals surface area (Å²) < 4.78 is 1.14. The smallest absolute Gasteiger partial charge is 0.0795 e. The fraction of sp³-hybridized carbons (Fsp3) is 0.357. The number of anilines is 1. The van der Waals surface area contributed by atoms with Gasteiger partial charge in [0.05, 0.1) is 17.7 Å². The summed E-state index contributed by atoms with van der Waals surface area (Å²) in [4.78, 5) is 6.52. The third-order valence-corrected chi connectivity index (χ3v) is 4.53. The van der Waals surface area contributed by atoms with E-state index >= 15 is 0 Å². The van der Waals surface area contributed by atoms with Gasteiger partial charge in [-0.3, -0.25) is 0 Å². The topological polar surface area (TPSA) is 28.2 Å². The molecule has 102 valence electrons. The van der Waals surface area contributed by atoms with Crippen molar-refractivity contribution in [3.05, 3.63) is 44.8 Å². The molecule has 5 heteroatoms. The summed E-state index contributed by atoms with van der Waals surface area (Å²) in [5.41, 5.74) is 5.44. The van der Waals surface area contributed by atoms with Gasteiger partial charge < -0.3 is 10.2 Å². The highest BCUT2D eigenvalue weighted by atomic mass is 79.9. The molecule has 2 aromatic rings. The molecule has 0 aliphatic rings. The Hall–Kier alpha value is -0.910. The van der Waals surface area contributed by atoms with Gasteiger partial charge in [-0.2, -0.15) is 0 Å². The molecule has 0 spiro atoms. The maximum atomic E-state index is 4.32. The van der Waals surface area contributed by atoms with Crippen LogP contribution in [0.25, 0.3) is 0 Å². The van der Waals surface area contributed by atoms with E-state index < -0.39 is 0 Å². The van der Waals surface area contributed by atoms with Crippen LogP contribution in [0.15, 0.2) is 33.6 Å². The first-order valence-electron chi connectivity index (χ1n) is 6.16. The Labute approximate surface area is 126 Å². The molecular weight excluding hydrogens is 322 g/mol. The maximum Gasteiger partial charge on any atom is 0.0795 e. The molecule has 0 radical (unpaired) electrons. The molecule has 0 saturated heterocycles. The maximum absolute atomic E-state index is 4.32. The highest BCUT2D eigenvalue weighted by molar-refractivity contribution is 9.10. The number of halogens is 1. The molecule has 1 unspecified atom stereocenters. The van der Waals surface area contributed by atoms with E-state index in [1.165, 1.54) is 11.3 Å². The number of nitrogens with zero attached hydrogens (tertiary/aromatic N) is 2. The van der Waals surface area contributed by atoms with E-state index in [-0.39, 0.29) is 0 Å². The zero-order chi connectivity index (χ0) is 13.8. The quantitative estimate of drug-likeness (QED) is 0.897. The van der Waals surface area contributed by atoms with Crippen LogP contribution >= 0.6 is 27.3 Å². The van der Waals surface area contributed by atoms with Gasteiger partial charge >= 0.3 is 0 Å². The van der Waals surface area contributed by atoms with Gasteiger partial charge in [-0.15, -0.1) is 11.3 Å². The first-order chi connectivity index (χ1) is 9.11. The standard InChI is InChI=1S/C14H18BrN3S/c1-10(16-2)13-5-4-12(6-14(13)15)18(3)7-11-8-19-9-17-11/h4-6,8-10,16H,7H2,1-3H3. The molecule has 1 N–H and O–H groups in total. The van der Waals surface area contributed by atoms with Crippen molar-refractivity contribution in [3.8, 4) is 0 Å². The highest BCUT2D eigenvalue weighted by Crippen LogP contribution is 2.28. The molecule has 0 saturated carbocycles. The number of hydrogen-bond acceptors (Lipinski definition) is 4. The lowest BCUT2D eigenvalue weighted by molar-refractivity contribution is 0.649. The third kappa shape index (κ3) is 3.55. The normalized spacial score (nSPS) is 12.4. The molecule has 1 heterocycles. The van der Waals surface area contributed by atoms with Gasteiger partial charge in [-0.1, -0.05) is 22.0 Å². The minimum absolute atomic E-state index is 0.340. The number of benzene rings is 1. The van der Waals surface area contributed by atoms with Gasteiger partial charge in [0.2, 0.25) is 0 Å². The third-order valence-electron chi connectivity index (χ3n) is 3.21. The zero-order valence-electron chi connectivity index (χ0n) is 11.4. The van der Waals surface area contributed by atoms with Crippen LogP contribution in [0.5, 0.6) is 0 Å². The highest BCUT2D eigenvalue weighted by Gasteiger charge is 2.10. The van der Waals surface area contributed by atoms with Crippen LogP contribution in [0.4, 0.5) is 5.69 Å². The summed E-state index contributed by atoms with van der Waals surface area (Å²) in [5, 5.41) is 5.34. The molecular formula is C14H18BrN3S. The molecule has 0 aliphatic carbocycles. The van der Waals surface area contributed by atoms with Crippen molar-refractivity contribution in [2.24, 2.45) is 0 Å². The lowest BCUT2D eigenvalue weighted by Crippen LogP contribution is -2.17. The van der Waals surface area contributed by atoms with E-state index in [0.29, 0.717) is 6.04 Å². The second-order valence-corrected chi connectivity index (χ2v) is 6.13. The molecule has 1 atom stereocenters. The van der Waals surface area contributed by atoms with Crippen LogP contribution in [-0.2, 0) is 6.54 Å². The van der Waals surface area contributed by atoms with Crippen molar-refractivity contribution in [3.63, 3.8) is 0 Å². The molecule has 0 bridgehead atoms. The fourth-order valence-corrected chi connectivity index (χ4v) is 3.17. The Bertz CT molecular complexity index is 527. The van der Waals surface area contributed by atoms with E-state index in [4.69, 9.17) is 0 Å². The van der Waals surface area contributed by atoms with E-state index in [2.05, 4.69) is 68.7 Å². The Morgan fingerprint density at radius 2 is 2.26 bits per heavy atom. The SMILES string of the molecule is CNC(C)c1ccc(N(C)Cc2cscn2)cc1Br. The lowest BCUT2D eigenvalue weighted by atomic mass is 10.1. The monoisotopic (exact) mass is 339 g/mol.